The first-order valence-corrected chi connectivity index (χ1v) is 5.65. The highest BCUT2D eigenvalue weighted by Gasteiger charge is 2.40. The second-order valence-corrected chi connectivity index (χ2v) is 4.70. The van der Waals surface area contributed by atoms with Crippen LogP contribution in [0.2, 0.25) is 0 Å². The van der Waals surface area contributed by atoms with Crippen LogP contribution in [0.1, 0.15) is 37.1 Å². The predicted molar refractivity (Wildman–Crippen MR) is 55.7 cm³/mol. The van der Waals surface area contributed by atoms with Gasteiger partial charge >= 0.3 is 6.18 Å². The first-order valence-electron chi connectivity index (χ1n) is 5.65. The second-order valence-electron chi connectivity index (χ2n) is 4.70. The molecule has 1 aromatic rings. The van der Waals surface area contributed by atoms with Gasteiger partial charge in [-0.05, 0) is 24.9 Å². The lowest BCUT2D eigenvalue weighted by Crippen LogP contribution is -2.43. The Morgan fingerprint density at radius 3 is 2.41 bits per heavy atom. The molecule has 1 fully saturated rings. The number of halogens is 3. The lowest BCUT2D eigenvalue weighted by molar-refractivity contribution is -0.154. The Bertz CT molecular complexity index is 394. The summed E-state index contributed by atoms with van der Waals surface area (Å²) in [6.45, 7) is 5.00. The molecule has 0 unspecified atom stereocenters. The Hall–Kier alpha value is -1.04. The molecule has 3 nitrogen and oxygen atoms in total. The molecule has 0 saturated carbocycles. The zero-order valence-electron chi connectivity index (χ0n) is 9.77. The summed E-state index contributed by atoms with van der Waals surface area (Å²) >= 11 is 0. The summed E-state index contributed by atoms with van der Waals surface area (Å²) in [5.41, 5.74) is 0.0137. The maximum Gasteiger partial charge on any atom is 0.451 e. The third kappa shape index (κ3) is 2.62. The summed E-state index contributed by atoms with van der Waals surface area (Å²) in [6, 6.07) is 0. The number of rotatable bonds is 3. The molecule has 1 aliphatic rings. The van der Waals surface area contributed by atoms with Crippen LogP contribution in [-0.4, -0.2) is 18.1 Å². The van der Waals surface area contributed by atoms with E-state index >= 15 is 0 Å². The van der Waals surface area contributed by atoms with E-state index in [1.54, 1.807) is 13.8 Å². The summed E-state index contributed by atoms with van der Waals surface area (Å²) in [6.07, 6.45) is -3.98. The lowest BCUT2D eigenvalue weighted by Gasteiger charge is -2.25. The molecule has 0 amide bonds. The summed E-state index contributed by atoms with van der Waals surface area (Å²) in [5.74, 6) is -0.680. The van der Waals surface area contributed by atoms with Gasteiger partial charge in [0.15, 0.2) is 5.89 Å². The van der Waals surface area contributed by atoms with Gasteiger partial charge in [0.1, 0.15) is 0 Å². The fourth-order valence-electron chi connectivity index (χ4n) is 1.80. The topological polar surface area (TPSA) is 38.1 Å². The minimum absolute atomic E-state index is 0.0137. The highest BCUT2D eigenvalue weighted by atomic mass is 19.4. The van der Waals surface area contributed by atoms with E-state index in [-0.39, 0.29) is 17.5 Å². The van der Waals surface area contributed by atoms with Gasteiger partial charge in [0.05, 0.1) is 5.69 Å². The first-order chi connectivity index (χ1) is 7.88. The van der Waals surface area contributed by atoms with Gasteiger partial charge in [-0.25, -0.2) is 4.98 Å². The molecule has 0 atom stereocenters. The molecular formula is C11H15F3N2O. The van der Waals surface area contributed by atoms with Crippen LogP contribution in [0.3, 0.4) is 0 Å². The molecule has 2 rings (SSSR count). The van der Waals surface area contributed by atoms with Crippen LogP contribution < -0.4 is 5.32 Å². The number of hydrogen-bond donors (Lipinski definition) is 1. The second kappa shape index (κ2) is 4.33. The zero-order valence-corrected chi connectivity index (χ0v) is 9.77. The normalized spacial score (nSPS) is 17.5. The van der Waals surface area contributed by atoms with Gasteiger partial charge in [-0.3, -0.25) is 0 Å². The van der Waals surface area contributed by atoms with Gasteiger partial charge in [-0.2, -0.15) is 13.2 Å². The fourth-order valence-corrected chi connectivity index (χ4v) is 1.80. The van der Waals surface area contributed by atoms with Gasteiger partial charge in [0.2, 0.25) is 5.76 Å². The zero-order chi connectivity index (χ0) is 12.6. The van der Waals surface area contributed by atoms with Crippen LogP contribution in [0.15, 0.2) is 4.42 Å². The van der Waals surface area contributed by atoms with Crippen molar-refractivity contribution in [1.29, 1.82) is 0 Å². The van der Waals surface area contributed by atoms with E-state index in [0.717, 1.165) is 13.1 Å². The molecule has 1 aliphatic heterocycles. The monoisotopic (exact) mass is 248 g/mol. The highest BCUT2D eigenvalue weighted by molar-refractivity contribution is 5.17. The average Bonchev–Trinajstić information content (AvgIpc) is 2.54. The number of nitrogens with zero attached hydrogens (tertiary/aromatic N) is 1. The molecule has 6 heteroatoms. The van der Waals surface area contributed by atoms with Crippen molar-refractivity contribution >= 4 is 0 Å². The SMILES string of the molecule is CC(C)c1nc(CC2CNC2)oc1C(F)(F)F. The van der Waals surface area contributed by atoms with E-state index in [4.69, 9.17) is 4.42 Å². The number of oxazole rings is 1. The summed E-state index contributed by atoms with van der Waals surface area (Å²) in [5, 5.41) is 3.06. The number of hydrogen-bond acceptors (Lipinski definition) is 3. The van der Waals surface area contributed by atoms with Crippen molar-refractivity contribution in [2.45, 2.75) is 32.4 Å². The molecule has 0 aromatic carbocycles. The molecule has 1 saturated heterocycles. The number of aromatic nitrogens is 1. The van der Waals surface area contributed by atoms with Gasteiger partial charge < -0.3 is 9.73 Å². The fraction of sp³-hybridized carbons (Fsp3) is 0.727. The molecule has 0 radical (unpaired) electrons. The van der Waals surface area contributed by atoms with Crippen molar-refractivity contribution < 1.29 is 17.6 Å². The molecule has 0 spiro atoms. The van der Waals surface area contributed by atoms with Gasteiger partial charge in [0, 0.05) is 6.42 Å². The molecular weight excluding hydrogens is 233 g/mol. The van der Waals surface area contributed by atoms with Gasteiger partial charge in [-0.15, -0.1) is 0 Å². The molecule has 2 heterocycles. The first kappa shape index (κ1) is 12.4. The molecule has 17 heavy (non-hydrogen) atoms. The molecule has 1 aromatic heterocycles. The van der Waals surface area contributed by atoms with Crippen molar-refractivity contribution in [3.8, 4) is 0 Å². The summed E-state index contributed by atoms with van der Waals surface area (Å²) < 4.78 is 43.0. The van der Waals surface area contributed by atoms with E-state index in [1.807, 2.05) is 0 Å². The Morgan fingerprint density at radius 2 is 2.06 bits per heavy atom. The van der Waals surface area contributed by atoms with E-state index in [1.165, 1.54) is 0 Å². The van der Waals surface area contributed by atoms with Gasteiger partial charge in [-0.1, -0.05) is 13.8 Å². The van der Waals surface area contributed by atoms with Crippen LogP contribution in [-0.2, 0) is 12.6 Å². The van der Waals surface area contributed by atoms with Crippen molar-refractivity contribution in [3.63, 3.8) is 0 Å². The van der Waals surface area contributed by atoms with Crippen LogP contribution in [0.5, 0.6) is 0 Å². The van der Waals surface area contributed by atoms with Crippen LogP contribution in [0.4, 0.5) is 13.2 Å². The molecule has 0 bridgehead atoms. The molecule has 1 N–H and O–H groups in total. The quantitative estimate of drug-likeness (QED) is 0.893. The third-order valence-electron chi connectivity index (χ3n) is 2.83. The Labute approximate surface area is 97.4 Å². The standard InChI is InChI=1S/C11H15F3N2O/c1-6(2)9-10(11(12,13)14)17-8(16-9)3-7-4-15-5-7/h6-7,15H,3-5H2,1-2H3. The molecule has 96 valence electrons. The lowest BCUT2D eigenvalue weighted by atomic mass is 10.00. The summed E-state index contributed by atoms with van der Waals surface area (Å²) in [7, 11) is 0. The Morgan fingerprint density at radius 1 is 1.41 bits per heavy atom. The predicted octanol–water partition coefficient (Wildman–Crippen LogP) is 2.58. The van der Waals surface area contributed by atoms with Crippen molar-refractivity contribution in [1.82, 2.24) is 10.3 Å². The van der Waals surface area contributed by atoms with Crippen LogP contribution >= 0.6 is 0 Å². The largest absolute Gasteiger partial charge is 0.451 e. The van der Waals surface area contributed by atoms with Crippen molar-refractivity contribution in [2.75, 3.05) is 13.1 Å². The third-order valence-corrected chi connectivity index (χ3v) is 2.83. The maximum absolute atomic E-state index is 12.7. The van der Waals surface area contributed by atoms with Gasteiger partial charge in [0.25, 0.3) is 0 Å². The average molecular weight is 248 g/mol. The minimum Gasteiger partial charge on any atom is -0.436 e. The number of nitrogens with one attached hydrogen (secondary N) is 1. The van der Waals surface area contributed by atoms with Crippen molar-refractivity contribution in [3.05, 3.63) is 17.3 Å². The van der Waals surface area contributed by atoms with Crippen LogP contribution in [0.25, 0.3) is 0 Å². The number of alkyl halides is 3. The Kier molecular flexibility index (Phi) is 3.16. The van der Waals surface area contributed by atoms with Crippen molar-refractivity contribution in [2.24, 2.45) is 5.92 Å². The molecule has 0 aliphatic carbocycles. The van der Waals surface area contributed by atoms with E-state index in [2.05, 4.69) is 10.3 Å². The maximum atomic E-state index is 12.7. The van der Waals surface area contributed by atoms with E-state index in [0.29, 0.717) is 12.3 Å². The minimum atomic E-state index is -4.46. The summed E-state index contributed by atoms with van der Waals surface area (Å²) in [4.78, 5) is 3.98. The smallest absolute Gasteiger partial charge is 0.436 e. The van der Waals surface area contributed by atoms with Crippen LogP contribution in [0, 0.1) is 5.92 Å². The van der Waals surface area contributed by atoms with E-state index in [9.17, 15) is 13.2 Å². The Balaban J connectivity index is 2.23. The highest BCUT2D eigenvalue weighted by Crippen LogP contribution is 2.36. The van der Waals surface area contributed by atoms with E-state index < -0.39 is 11.9 Å².